The zero-order chi connectivity index (χ0) is 20.1. The van der Waals surface area contributed by atoms with Crippen molar-refractivity contribution in [2.45, 2.75) is 18.9 Å². The van der Waals surface area contributed by atoms with E-state index in [0.29, 0.717) is 6.42 Å². The highest BCUT2D eigenvalue weighted by Crippen LogP contribution is 2.46. The molecule has 0 spiro atoms. The van der Waals surface area contributed by atoms with Gasteiger partial charge < -0.3 is 15.2 Å². The minimum Gasteiger partial charge on any atom is -0.481 e. The van der Waals surface area contributed by atoms with Gasteiger partial charge in [0.1, 0.15) is 6.54 Å². The first-order valence-electron chi connectivity index (χ1n) is 9.04. The zero-order valence-electron chi connectivity index (χ0n) is 15.6. The van der Waals surface area contributed by atoms with Gasteiger partial charge in [0.25, 0.3) is 0 Å². The molecular formula is C21H22N2O5. The van der Waals surface area contributed by atoms with Crippen molar-refractivity contribution >= 4 is 18.0 Å². The summed E-state index contributed by atoms with van der Waals surface area (Å²) in [5.74, 6) is -1.28. The number of carboxylic acids is 1. The van der Waals surface area contributed by atoms with E-state index in [1.807, 2.05) is 48.5 Å². The van der Waals surface area contributed by atoms with Gasteiger partial charge in [-0.1, -0.05) is 48.5 Å². The van der Waals surface area contributed by atoms with Gasteiger partial charge in [-0.15, -0.1) is 0 Å². The maximum absolute atomic E-state index is 12.5. The molecule has 2 aromatic rings. The number of nitrogens with one attached hydrogen (secondary N) is 1. The summed E-state index contributed by atoms with van der Waals surface area (Å²) in [6.07, 6.45) is -0.295. The Balaban J connectivity index is 1.83. The van der Waals surface area contributed by atoms with Gasteiger partial charge in [-0.25, -0.2) is 4.79 Å². The molecule has 146 valence electrons. The van der Waals surface area contributed by atoms with Crippen LogP contribution >= 0.6 is 0 Å². The monoisotopic (exact) mass is 382 g/mol. The molecule has 0 unspecified atom stereocenters. The predicted octanol–water partition coefficient (Wildman–Crippen LogP) is 2.81. The van der Waals surface area contributed by atoms with Gasteiger partial charge in [-0.05, 0) is 28.7 Å². The second kappa shape index (κ2) is 8.56. The number of aliphatic carboxylic acids is 1. The number of carboxylic acid groups (broad SMARTS) is 1. The molecule has 28 heavy (non-hydrogen) atoms. The fraction of sp³-hybridized carbons (Fsp3) is 0.286. The Morgan fingerprint density at radius 2 is 1.61 bits per heavy atom. The third-order valence-electron chi connectivity index (χ3n) is 4.73. The van der Waals surface area contributed by atoms with Crippen LogP contribution in [-0.2, 0) is 14.3 Å². The largest absolute Gasteiger partial charge is 0.481 e. The Morgan fingerprint density at radius 3 is 2.14 bits per heavy atom. The molecule has 2 aromatic carbocycles. The van der Waals surface area contributed by atoms with Crippen molar-refractivity contribution in [3.63, 3.8) is 0 Å². The Bertz CT molecular complexity index is 850. The lowest BCUT2D eigenvalue weighted by atomic mass is 10.0. The molecule has 3 rings (SSSR count). The van der Waals surface area contributed by atoms with E-state index in [4.69, 9.17) is 9.84 Å². The number of carbonyl (C=O) groups is 3. The minimum atomic E-state index is -0.912. The normalized spacial score (nSPS) is 12.0. The van der Waals surface area contributed by atoms with E-state index in [0.717, 1.165) is 22.3 Å². The molecule has 1 aliphatic carbocycles. The van der Waals surface area contributed by atoms with Crippen molar-refractivity contribution in [2.75, 3.05) is 20.2 Å². The van der Waals surface area contributed by atoms with Gasteiger partial charge in [0.15, 0.2) is 0 Å². The number of ether oxygens (including phenoxy) is 1. The number of hydrogen-bond acceptors (Lipinski definition) is 4. The first-order valence-corrected chi connectivity index (χ1v) is 9.04. The lowest BCUT2D eigenvalue weighted by Gasteiger charge is -2.28. The van der Waals surface area contributed by atoms with Crippen molar-refractivity contribution < 1.29 is 24.2 Å². The molecule has 0 atom stereocenters. The zero-order valence-corrected chi connectivity index (χ0v) is 15.6. The summed E-state index contributed by atoms with van der Waals surface area (Å²) in [6, 6.07) is 15.1. The van der Waals surface area contributed by atoms with Gasteiger partial charge in [-0.2, -0.15) is 0 Å². The summed E-state index contributed by atoms with van der Waals surface area (Å²) in [5.41, 5.74) is 3.93. The maximum Gasteiger partial charge on any atom is 0.410 e. The lowest BCUT2D eigenvalue weighted by Crippen LogP contribution is -2.43. The molecule has 0 aromatic heterocycles. The van der Waals surface area contributed by atoms with Crippen LogP contribution in [0.25, 0.3) is 11.1 Å². The van der Waals surface area contributed by atoms with Crippen LogP contribution in [0.2, 0.25) is 0 Å². The summed E-state index contributed by atoms with van der Waals surface area (Å²) < 4.78 is 4.94. The van der Waals surface area contributed by atoms with Gasteiger partial charge in [-0.3, -0.25) is 14.5 Å². The number of carbonyl (C=O) groups excluding carboxylic acids is 2. The third kappa shape index (κ3) is 3.98. The first kappa shape index (κ1) is 19.4. The summed E-state index contributed by atoms with van der Waals surface area (Å²) in [4.78, 5) is 36.9. The fourth-order valence-corrected chi connectivity index (χ4v) is 3.52. The minimum absolute atomic E-state index is 0.0234. The predicted molar refractivity (Wildman–Crippen MR) is 103 cm³/mol. The Labute approximate surface area is 162 Å². The molecule has 0 heterocycles. The number of methoxy groups -OCH3 is 1. The average Bonchev–Trinajstić information content (AvgIpc) is 3.03. The second-order valence-electron chi connectivity index (χ2n) is 6.52. The molecule has 2 amide bonds. The van der Waals surface area contributed by atoms with Crippen LogP contribution < -0.4 is 5.32 Å². The molecule has 7 nitrogen and oxygen atoms in total. The Morgan fingerprint density at radius 1 is 1.04 bits per heavy atom. The molecule has 1 aliphatic rings. The van der Waals surface area contributed by atoms with E-state index in [1.165, 1.54) is 12.0 Å². The number of fused-ring (bicyclic) bond motifs is 3. The van der Waals surface area contributed by atoms with E-state index >= 15 is 0 Å². The number of rotatable bonds is 7. The van der Waals surface area contributed by atoms with Crippen molar-refractivity contribution in [1.82, 2.24) is 10.2 Å². The maximum atomic E-state index is 12.5. The van der Waals surface area contributed by atoms with Crippen molar-refractivity contribution in [3.8, 4) is 11.1 Å². The van der Waals surface area contributed by atoms with Crippen LogP contribution in [0.15, 0.2) is 48.5 Å². The molecule has 0 saturated carbocycles. The number of hydrogen-bond donors (Lipinski definition) is 2. The fourth-order valence-electron chi connectivity index (χ4n) is 3.52. The molecular weight excluding hydrogens is 360 g/mol. The highest BCUT2D eigenvalue weighted by atomic mass is 16.5. The third-order valence-corrected chi connectivity index (χ3v) is 4.73. The molecule has 0 saturated heterocycles. The first-order chi connectivity index (χ1) is 13.5. The van der Waals surface area contributed by atoms with Gasteiger partial charge in [0, 0.05) is 13.0 Å². The SMILES string of the molecule is COC(=O)N(CC(=O)NCCCC(=O)O)C1c2ccccc2-c2ccccc21. The van der Waals surface area contributed by atoms with Gasteiger partial charge >= 0.3 is 12.1 Å². The summed E-state index contributed by atoms with van der Waals surface area (Å²) in [5, 5.41) is 11.3. The lowest BCUT2D eigenvalue weighted by molar-refractivity contribution is -0.137. The van der Waals surface area contributed by atoms with E-state index in [-0.39, 0.29) is 25.4 Å². The highest BCUT2D eigenvalue weighted by Gasteiger charge is 2.36. The van der Waals surface area contributed by atoms with Crippen molar-refractivity contribution in [2.24, 2.45) is 0 Å². The smallest absolute Gasteiger partial charge is 0.410 e. The van der Waals surface area contributed by atoms with Crippen molar-refractivity contribution in [1.29, 1.82) is 0 Å². The highest BCUT2D eigenvalue weighted by molar-refractivity contribution is 5.85. The number of nitrogens with zero attached hydrogens (tertiary/aromatic N) is 1. The van der Waals surface area contributed by atoms with Crippen molar-refractivity contribution in [3.05, 3.63) is 59.7 Å². The van der Waals surface area contributed by atoms with Crippen LogP contribution in [0.1, 0.15) is 30.0 Å². The topological polar surface area (TPSA) is 95.9 Å². The molecule has 7 heteroatoms. The van der Waals surface area contributed by atoms with Crippen LogP contribution in [0.4, 0.5) is 4.79 Å². The van der Waals surface area contributed by atoms with Crippen LogP contribution in [0.3, 0.4) is 0 Å². The molecule has 0 bridgehead atoms. The van der Waals surface area contributed by atoms with E-state index in [9.17, 15) is 14.4 Å². The Hall–Kier alpha value is -3.35. The molecule has 0 aliphatic heterocycles. The van der Waals surface area contributed by atoms with E-state index in [1.54, 1.807) is 0 Å². The quantitative estimate of drug-likeness (QED) is 0.718. The molecule has 0 radical (unpaired) electrons. The summed E-state index contributed by atoms with van der Waals surface area (Å²) in [6.45, 7) is 0.0467. The van der Waals surface area contributed by atoms with Gasteiger partial charge in [0.05, 0.1) is 13.2 Å². The van der Waals surface area contributed by atoms with E-state index in [2.05, 4.69) is 5.32 Å². The van der Waals surface area contributed by atoms with Gasteiger partial charge in [0.2, 0.25) is 5.91 Å². The average molecular weight is 382 g/mol. The van der Waals surface area contributed by atoms with Crippen LogP contribution in [-0.4, -0.2) is 48.2 Å². The van der Waals surface area contributed by atoms with Crippen LogP contribution in [0.5, 0.6) is 0 Å². The second-order valence-corrected chi connectivity index (χ2v) is 6.52. The summed E-state index contributed by atoms with van der Waals surface area (Å²) in [7, 11) is 1.28. The van der Waals surface area contributed by atoms with Crippen LogP contribution in [0, 0.1) is 0 Å². The molecule has 0 fully saturated rings. The summed E-state index contributed by atoms with van der Waals surface area (Å²) >= 11 is 0. The Kier molecular flexibility index (Phi) is 5.93. The van der Waals surface area contributed by atoms with E-state index < -0.39 is 18.1 Å². The number of benzene rings is 2. The number of amides is 2. The molecule has 2 N–H and O–H groups in total. The standard InChI is InChI=1S/C21H22N2O5/c1-28-21(27)23(13-18(24)22-12-6-11-19(25)26)20-16-9-4-2-7-14(16)15-8-3-5-10-17(15)20/h2-5,7-10,20H,6,11-13H2,1H3,(H,22,24)(H,25,26).